The Morgan fingerprint density at radius 1 is 1.42 bits per heavy atom. The van der Waals surface area contributed by atoms with Crippen molar-refractivity contribution in [2.45, 2.75) is 6.10 Å². The van der Waals surface area contributed by atoms with Gasteiger partial charge in [0.05, 0.1) is 19.2 Å². The molecule has 2 aromatic rings. The van der Waals surface area contributed by atoms with Crippen LogP contribution in [-0.4, -0.2) is 36.7 Å². The lowest BCUT2D eigenvalue weighted by Gasteiger charge is -2.09. The average Bonchev–Trinajstić information content (AvgIpc) is 2.87. The van der Waals surface area contributed by atoms with Gasteiger partial charge in [-0.05, 0) is 6.07 Å². The van der Waals surface area contributed by atoms with E-state index in [0.717, 1.165) is 10.1 Å². The molecule has 0 spiro atoms. The molecule has 1 heterocycles. The molecule has 2 rings (SSSR count). The second kappa shape index (κ2) is 5.81. The second-order valence-electron chi connectivity index (χ2n) is 3.89. The zero-order valence-corrected chi connectivity index (χ0v) is 11.1. The normalized spacial score (nSPS) is 12.1. The van der Waals surface area contributed by atoms with Crippen LogP contribution in [-0.2, 0) is 9.53 Å². The van der Waals surface area contributed by atoms with Gasteiger partial charge in [0.25, 0.3) is 5.91 Å². The molecule has 1 unspecified atom stereocenters. The van der Waals surface area contributed by atoms with E-state index in [0.29, 0.717) is 5.56 Å². The number of aliphatic hydroxyl groups is 1. The fraction of sp³-hybridized carbons (Fsp3) is 0.231. The molecule has 0 aliphatic carbocycles. The van der Waals surface area contributed by atoms with Gasteiger partial charge in [-0.3, -0.25) is 4.79 Å². The Morgan fingerprint density at radius 3 is 2.89 bits per heavy atom. The van der Waals surface area contributed by atoms with Crippen LogP contribution in [0.25, 0.3) is 10.1 Å². The van der Waals surface area contributed by atoms with Crippen LogP contribution in [0.3, 0.4) is 0 Å². The third-order valence-electron chi connectivity index (χ3n) is 2.65. The number of hydrogen-bond acceptors (Lipinski definition) is 5. The highest BCUT2D eigenvalue weighted by atomic mass is 32.1. The van der Waals surface area contributed by atoms with Crippen LogP contribution < -0.4 is 5.32 Å². The van der Waals surface area contributed by atoms with E-state index in [1.54, 1.807) is 5.38 Å². The van der Waals surface area contributed by atoms with E-state index in [4.69, 9.17) is 0 Å². The summed E-state index contributed by atoms with van der Waals surface area (Å²) in [6.45, 7) is -0.171. The van der Waals surface area contributed by atoms with E-state index in [1.807, 2.05) is 24.3 Å². The summed E-state index contributed by atoms with van der Waals surface area (Å²) in [6.07, 6.45) is -1.35. The van der Waals surface area contributed by atoms with Crippen LogP contribution in [0.5, 0.6) is 0 Å². The van der Waals surface area contributed by atoms with Crippen molar-refractivity contribution in [3.63, 3.8) is 0 Å². The molecule has 1 aromatic heterocycles. The third-order valence-corrected chi connectivity index (χ3v) is 3.62. The summed E-state index contributed by atoms with van der Waals surface area (Å²) in [4.78, 5) is 23.0. The fourth-order valence-corrected chi connectivity index (χ4v) is 2.60. The molecule has 0 saturated carbocycles. The highest BCUT2D eigenvalue weighted by molar-refractivity contribution is 7.17. The minimum Gasteiger partial charge on any atom is -0.467 e. The largest absolute Gasteiger partial charge is 0.467 e. The SMILES string of the molecule is COC(=O)C(O)CNC(=O)c1csc2ccccc12. The van der Waals surface area contributed by atoms with Crippen molar-refractivity contribution in [3.05, 3.63) is 35.2 Å². The zero-order chi connectivity index (χ0) is 13.8. The van der Waals surface area contributed by atoms with Gasteiger partial charge in [-0.15, -0.1) is 11.3 Å². The molecular weight excluding hydrogens is 266 g/mol. The monoisotopic (exact) mass is 279 g/mol. The first-order valence-corrected chi connectivity index (χ1v) is 6.51. The van der Waals surface area contributed by atoms with Gasteiger partial charge in [0.2, 0.25) is 0 Å². The quantitative estimate of drug-likeness (QED) is 0.824. The molecule has 19 heavy (non-hydrogen) atoms. The van der Waals surface area contributed by atoms with Crippen molar-refractivity contribution in [2.24, 2.45) is 0 Å². The minimum absolute atomic E-state index is 0.171. The lowest BCUT2D eigenvalue weighted by Crippen LogP contribution is -2.37. The van der Waals surface area contributed by atoms with Crippen LogP contribution in [0.1, 0.15) is 10.4 Å². The molecule has 1 amide bonds. The number of esters is 1. The Bertz CT molecular complexity index is 607. The predicted molar refractivity (Wildman–Crippen MR) is 72.2 cm³/mol. The summed E-state index contributed by atoms with van der Waals surface area (Å²) < 4.78 is 5.38. The van der Waals surface area contributed by atoms with E-state index in [1.165, 1.54) is 18.4 Å². The van der Waals surface area contributed by atoms with Gasteiger partial charge in [-0.1, -0.05) is 18.2 Å². The van der Waals surface area contributed by atoms with Crippen molar-refractivity contribution >= 4 is 33.3 Å². The third kappa shape index (κ3) is 2.91. The van der Waals surface area contributed by atoms with Crippen molar-refractivity contribution in [3.8, 4) is 0 Å². The van der Waals surface area contributed by atoms with Gasteiger partial charge in [0.1, 0.15) is 0 Å². The first-order valence-electron chi connectivity index (χ1n) is 5.64. The van der Waals surface area contributed by atoms with Crippen molar-refractivity contribution in [1.82, 2.24) is 5.32 Å². The number of ether oxygens (including phenoxy) is 1. The molecule has 0 aliphatic rings. The van der Waals surface area contributed by atoms with Crippen LogP contribution in [0.4, 0.5) is 0 Å². The number of fused-ring (bicyclic) bond motifs is 1. The number of nitrogens with one attached hydrogen (secondary N) is 1. The maximum absolute atomic E-state index is 12.0. The molecular formula is C13H13NO4S. The summed E-state index contributed by atoms with van der Waals surface area (Å²) in [7, 11) is 1.18. The molecule has 5 nitrogen and oxygen atoms in total. The number of hydrogen-bond donors (Lipinski definition) is 2. The molecule has 1 aromatic carbocycles. The number of methoxy groups -OCH3 is 1. The Labute approximate surface area is 113 Å². The molecule has 100 valence electrons. The summed E-state index contributed by atoms with van der Waals surface area (Å²) in [5, 5.41) is 14.5. The summed E-state index contributed by atoms with van der Waals surface area (Å²) in [5.74, 6) is -1.09. The number of carbonyl (C=O) groups is 2. The first kappa shape index (κ1) is 13.5. The van der Waals surface area contributed by atoms with E-state index in [-0.39, 0.29) is 12.5 Å². The number of amides is 1. The first-order chi connectivity index (χ1) is 9.13. The topological polar surface area (TPSA) is 75.6 Å². The van der Waals surface area contributed by atoms with Crippen molar-refractivity contribution in [2.75, 3.05) is 13.7 Å². The second-order valence-corrected chi connectivity index (χ2v) is 4.81. The van der Waals surface area contributed by atoms with Gasteiger partial charge < -0.3 is 15.2 Å². The van der Waals surface area contributed by atoms with E-state index < -0.39 is 12.1 Å². The summed E-state index contributed by atoms with van der Waals surface area (Å²) in [5.41, 5.74) is 0.540. The maximum Gasteiger partial charge on any atom is 0.336 e. The Hall–Kier alpha value is -1.92. The standard InChI is InChI=1S/C13H13NO4S/c1-18-13(17)10(15)6-14-12(16)9-7-19-11-5-3-2-4-8(9)11/h2-5,7,10,15H,6H2,1H3,(H,14,16). The zero-order valence-electron chi connectivity index (χ0n) is 10.3. The fourth-order valence-electron chi connectivity index (χ4n) is 1.66. The minimum atomic E-state index is -1.35. The van der Waals surface area contributed by atoms with Crippen LogP contribution in [0.15, 0.2) is 29.6 Å². The Morgan fingerprint density at radius 2 is 2.16 bits per heavy atom. The van der Waals surface area contributed by atoms with Crippen LogP contribution >= 0.6 is 11.3 Å². The Balaban J connectivity index is 2.06. The number of carbonyl (C=O) groups excluding carboxylic acids is 2. The molecule has 0 fully saturated rings. The van der Waals surface area contributed by atoms with Gasteiger partial charge in [-0.2, -0.15) is 0 Å². The van der Waals surface area contributed by atoms with Gasteiger partial charge in [-0.25, -0.2) is 4.79 Å². The maximum atomic E-state index is 12.0. The molecule has 0 aliphatic heterocycles. The number of aliphatic hydroxyl groups excluding tert-OH is 1. The lowest BCUT2D eigenvalue weighted by molar-refractivity contribution is -0.149. The Kier molecular flexibility index (Phi) is 4.13. The lowest BCUT2D eigenvalue weighted by atomic mass is 10.1. The van der Waals surface area contributed by atoms with E-state index in [9.17, 15) is 14.7 Å². The van der Waals surface area contributed by atoms with E-state index >= 15 is 0 Å². The number of thiophene rings is 1. The van der Waals surface area contributed by atoms with Crippen molar-refractivity contribution < 1.29 is 19.4 Å². The number of benzene rings is 1. The molecule has 6 heteroatoms. The van der Waals surface area contributed by atoms with Crippen LogP contribution in [0, 0.1) is 0 Å². The molecule has 0 radical (unpaired) electrons. The summed E-state index contributed by atoms with van der Waals surface area (Å²) in [6, 6.07) is 7.55. The smallest absolute Gasteiger partial charge is 0.336 e. The van der Waals surface area contributed by atoms with Gasteiger partial charge in [0, 0.05) is 15.5 Å². The molecule has 1 atom stereocenters. The highest BCUT2D eigenvalue weighted by Crippen LogP contribution is 2.25. The van der Waals surface area contributed by atoms with E-state index in [2.05, 4.69) is 10.1 Å². The molecule has 0 saturated heterocycles. The number of rotatable bonds is 4. The van der Waals surface area contributed by atoms with Crippen LogP contribution in [0.2, 0.25) is 0 Å². The van der Waals surface area contributed by atoms with Gasteiger partial charge >= 0.3 is 5.97 Å². The summed E-state index contributed by atoms with van der Waals surface area (Å²) >= 11 is 1.47. The molecule has 2 N–H and O–H groups in total. The van der Waals surface area contributed by atoms with Crippen molar-refractivity contribution in [1.29, 1.82) is 0 Å². The average molecular weight is 279 g/mol. The highest BCUT2D eigenvalue weighted by Gasteiger charge is 2.18. The predicted octanol–water partition coefficient (Wildman–Crippen LogP) is 1.16. The van der Waals surface area contributed by atoms with Gasteiger partial charge in [0.15, 0.2) is 6.10 Å². The molecule has 0 bridgehead atoms.